The summed E-state index contributed by atoms with van der Waals surface area (Å²) in [5.74, 6) is 0.495. The van der Waals surface area contributed by atoms with E-state index < -0.39 is 10.0 Å². The Balaban J connectivity index is 2.39. The van der Waals surface area contributed by atoms with Crippen LogP contribution in [0.1, 0.15) is 11.4 Å². The fourth-order valence-electron chi connectivity index (χ4n) is 2.30. The summed E-state index contributed by atoms with van der Waals surface area (Å²) in [6, 6.07) is 8.73. The van der Waals surface area contributed by atoms with Crippen molar-refractivity contribution in [1.82, 2.24) is 9.55 Å². The first-order valence-electron chi connectivity index (χ1n) is 6.41. The number of hydrogen-bond donors (Lipinski definition) is 1. The van der Waals surface area contributed by atoms with Crippen molar-refractivity contribution < 1.29 is 8.42 Å². The van der Waals surface area contributed by atoms with E-state index in [-0.39, 0.29) is 15.2 Å². The molecule has 0 aliphatic heterocycles. The first-order valence-corrected chi connectivity index (χ1v) is 8.77. The Morgan fingerprint density at radius 3 is 2.55 bits per heavy atom. The third-order valence-corrected chi connectivity index (χ3v) is 5.80. The number of aryl methyl sites for hydroxylation is 2. The monoisotopic (exact) mass is 335 g/mol. The van der Waals surface area contributed by atoms with Gasteiger partial charge < -0.3 is 0 Å². The molecule has 8 heteroatoms. The molecule has 3 rings (SSSR count). The third-order valence-electron chi connectivity index (χ3n) is 3.35. The molecule has 2 heterocycles. The predicted molar refractivity (Wildman–Crippen MR) is 86.1 cm³/mol. The molecule has 3 aromatic rings. The lowest BCUT2D eigenvalue weighted by Crippen LogP contribution is -2.22. The van der Waals surface area contributed by atoms with Gasteiger partial charge in [-0.1, -0.05) is 18.2 Å². The topological polar surface area (TPSA) is 95.1 Å². The van der Waals surface area contributed by atoms with Crippen molar-refractivity contribution in [3.8, 4) is 5.69 Å². The Morgan fingerprint density at radius 2 is 1.91 bits per heavy atom. The van der Waals surface area contributed by atoms with Gasteiger partial charge in [0, 0.05) is 0 Å². The van der Waals surface area contributed by atoms with Crippen LogP contribution in [0.2, 0.25) is 0 Å². The third kappa shape index (κ3) is 2.35. The number of fused-ring (bicyclic) bond motifs is 1. The van der Waals surface area contributed by atoms with Crippen LogP contribution in [0.3, 0.4) is 0 Å². The van der Waals surface area contributed by atoms with Gasteiger partial charge in [-0.2, -0.15) is 0 Å². The summed E-state index contributed by atoms with van der Waals surface area (Å²) in [7, 11) is -3.85. The molecule has 1 aromatic carbocycles. The van der Waals surface area contributed by atoms with E-state index in [1.54, 1.807) is 6.92 Å². The molecular weight excluding hydrogens is 322 g/mol. The summed E-state index contributed by atoms with van der Waals surface area (Å²) in [4.78, 5) is 17.5. The quantitative estimate of drug-likeness (QED) is 0.771. The minimum Gasteiger partial charge on any atom is -0.268 e. The molecule has 0 spiro atoms. The average Bonchev–Trinajstić information content (AvgIpc) is 2.85. The summed E-state index contributed by atoms with van der Waals surface area (Å²) in [6.07, 6.45) is 0. The van der Waals surface area contributed by atoms with Crippen molar-refractivity contribution in [3.05, 3.63) is 52.1 Å². The minimum atomic E-state index is -3.85. The highest BCUT2D eigenvalue weighted by Gasteiger charge is 2.18. The Hall–Kier alpha value is -2.03. The van der Waals surface area contributed by atoms with Gasteiger partial charge in [-0.3, -0.25) is 9.36 Å². The number of nitrogens with zero attached hydrogens (tertiary/aromatic N) is 2. The molecule has 114 valence electrons. The van der Waals surface area contributed by atoms with Gasteiger partial charge in [-0.25, -0.2) is 18.5 Å². The van der Waals surface area contributed by atoms with Crippen LogP contribution in [0.15, 0.2) is 39.3 Å². The summed E-state index contributed by atoms with van der Waals surface area (Å²) in [6.45, 7) is 3.61. The molecule has 0 fully saturated rings. The normalized spacial score (nSPS) is 12.0. The van der Waals surface area contributed by atoms with Gasteiger partial charge in [-0.05, 0) is 31.5 Å². The zero-order chi connectivity index (χ0) is 16.1. The number of aromatic nitrogens is 2. The largest absolute Gasteiger partial charge is 0.268 e. The second-order valence-corrected chi connectivity index (χ2v) is 7.73. The fraction of sp³-hybridized carbons (Fsp3) is 0.143. The van der Waals surface area contributed by atoms with E-state index in [0.717, 1.165) is 22.6 Å². The van der Waals surface area contributed by atoms with Gasteiger partial charge >= 0.3 is 0 Å². The van der Waals surface area contributed by atoms with Crippen molar-refractivity contribution in [2.75, 3.05) is 0 Å². The van der Waals surface area contributed by atoms with Gasteiger partial charge in [0.15, 0.2) is 0 Å². The van der Waals surface area contributed by atoms with Crippen LogP contribution in [0.5, 0.6) is 0 Å². The highest BCUT2D eigenvalue weighted by atomic mass is 32.2. The average molecular weight is 335 g/mol. The highest BCUT2D eigenvalue weighted by Crippen LogP contribution is 2.25. The van der Waals surface area contributed by atoms with Crippen LogP contribution in [-0.4, -0.2) is 18.0 Å². The lowest BCUT2D eigenvalue weighted by Gasteiger charge is -2.11. The molecule has 0 atom stereocenters. The van der Waals surface area contributed by atoms with Crippen molar-refractivity contribution in [1.29, 1.82) is 0 Å². The number of primary sulfonamides is 1. The number of para-hydroxylation sites is 1. The van der Waals surface area contributed by atoms with Gasteiger partial charge in [0.25, 0.3) is 5.56 Å². The standard InChI is InChI=1S/C14H13N3O3S2/c1-8-5-3-4-6-11(8)17-9(2)16-13-10(14(17)18)7-12(21-13)22(15,19)20/h3-7H,1-2H3,(H2,15,19,20). The lowest BCUT2D eigenvalue weighted by molar-refractivity contribution is 0.600. The molecular formula is C14H13N3O3S2. The fourth-order valence-corrected chi connectivity index (χ4v) is 4.08. The smallest absolute Gasteiger partial charge is 0.266 e. The Labute approximate surface area is 130 Å². The van der Waals surface area contributed by atoms with Crippen LogP contribution in [-0.2, 0) is 10.0 Å². The number of hydrogen-bond acceptors (Lipinski definition) is 5. The molecule has 2 N–H and O–H groups in total. The Morgan fingerprint density at radius 1 is 1.23 bits per heavy atom. The van der Waals surface area contributed by atoms with Crippen LogP contribution in [0.25, 0.3) is 15.9 Å². The molecule has 0 unspecified atom stereocenters. The molecule has 22 heavy (non-hydrogen) atoms. The van der Waals surface area contributed by atoms with Gasteiger partial charge in [-0.15, -0.1) is 11.3 Å². The van der Waals surface area contributed by atoms with Crippen molar-refractivity contribution in [2.24, 2.45) is 5.14 Å². The van der Waals surface area contributed by atoms with Gasteiger partial charge in [0.05, 0.1) is 11.1 Å². The van der Waals surface area contributed by atoms with Gasteiger partial charge in [0.1, 0.15) is 14.9 Å². The minimum absolute atomic E-state index is 0.0611. The molecule has 6 nitrogen and oxygen atoms in total. The maximum Gasteiger partial charge on any atom is 0.266 e. The molecule has 0 aliphatic carbocycles. The molecule has 0 amide bonds. The zero-order valence-corrected chi connectivity index (χ0v) is 13.5. The molecule has 2 aromatic heterocycles. The van der Waals surface area contributed by atoms with Crippen molar-refractivity contribution in [3.63, 3.8) is 0 Å². The SMILES string of the molecule is Cc1ccccc1-n1c(C)nc2sc(S(N)(=O)=O)cc2c1=O. The van der Waals surface area contributed by atoms with Crippen LogP contribution < -0.4 is 10.7 Å². The number of rotatable bonds is 2. The maximum atomic E-state index is 12.7. The van der Waals surface area contributed by atoms with Crippen molar-refractivity contribution in [2.45, 2.75) is 18.1 Å². The van der Waals surface area contributed by atoms with Crippen LogP contribution in [0.4, 0.5) is 0 Å². The Kier molecular flexibility index (Phi) is 3.39. The van der Waals surface area contributed by atoms with Crippen LogP contribution >= 0.6 is 11.3 Å². The van der Waals surface area contributed by atoms with E-state index >= 15 is 0 Å². The lowest BCUT2D eigenvalue weighted by atomic mass is 10.2. The van der Waals surface area contributed by atoms with E-state index in [1.807, 2.05) is 31.2 Å². The second-order valence-electron chi connectivity index (χ2n) is 4.92. The summed E-state index contributed by atoms with van der Waals surface area (Å²) >= 11 is 0.903. The predicted octanol–water partition coefficient (Wildman–Crippen LogP) is 1.71. The highest BCUT2D eigenvalue weighted by molar-refractivity contribution is 7.91. The van der Waals surface area contributed by atoms with Crippen LogP contribution in [0, 0.1) is 13.8 Å². The number of nitrogens with two attached hydrogens (primary N) is 1. The molecule has 0 saturated carbocycles. The Bertz CT molecular complexity index is 1050. The maximum absolute atomic E-state index is 12.7. The molecule has 0 radical (unpaired) electrons. The van der Waals surface area contributed by atoms with E-state index in [9.17, 15) is 13.2 Å². The number of thiophene rings is 1. The summed E-state index contributed by atoms with van der Waals surface area (Å²) < 4.78 is 24.3. The second kappa shape index (κ2) is 5.01. The first-order chi connectivity index (χ1) is 10.3. The number of sulfonamides is 1. The van der Waals surface area contributed by atoms with E-state index in [2.05, 4.69) is 4.98 Å². The van der Waals surface area contributed by atoms with Crippen molar-refractivity contribution >= 4 is 31.6 Å². The van der Waals surface area contributed by atoms with E-state index in [1.165, 1.54) is 10.6 Å². The zero-order valence-electron chi connectivity index (χ0n) is 11.9. The summed E-state index contributed by atoms with van der Waals surface area (Å²) in [5, 5.41) is 5.38. The molecule has 0 bridgehead atoms. The van der Waals surface area contributed by atoms with E-state index in [0.29, 0.717) is 10.7 Å². The first kappa shape index (κ1) is 14.9. The van der Waals surface area contributed by atoms with Gasteiger partial charge in [0.2, 0.25) is 10.0 Å². The summed E-state index contributed by atoms with van der Waals surface area (Å²) in [5.41, 5.74) is 1.35. The molecule has 0 saturated heterocycles. The molecule has 0 aliphatic rings. The number of benzene rings is 1. The van der Waals surface area contributed by atoms with E-state index in [4.69, 9.17) is 5.14 Å².